The van der Waals surface area contributed by atoms with E-state index in [0.29, 0.717) is 10.9 Å². The van der Waals surface area contributed by atoms with Gasteiger partial charge in [-0.25, -0.2) is 4.79 Å². The van der Waals surface area contributed by atoms with E-state index in [-0.39, 0.29) is 18.0 Å². The van der Waals surface area contributed by atoms with Crippen LogP contribution in [0.2, 0.25) is 0 Å². The minimum atomic E-state index is -4.42. The largest absolute Gasteiger partial charge is 0.461 e. The van der Waals surface area contributed by atoms with Crippen LogP contribution in [0.25, 0.3) is 10.9 Å². The van der Waals surface area contributed by atoms with Gasteiger partial charge in [0.1, 0.15) is 6.54 Å². The number of halogens is 3. The molecule has 0 saturated heterocycles. The number of carbonyl (C=O) groups is 1. The number of hydrogen-bond donors (Lipinski definition) is 1. The van der Waals surface area contributed by atoms with Crippen LogP contribution in [0.5, 0.6) is 0 Å². The van der Waals surface area contributed by atoms with Crippen molar-refractivity contribution in [2.24, 2.45) is 0 Å². The SMILES string of the molecule is CCOC(=O)c1nnc2ccccc2c1NCC(F)(F)F. The third kappa shape index (κ3) is 3.59. The number of ether oxygens (including phenoxy) is 1. The lowest BCUT2D eigenvalue weighted by Crippen LogP contribution is -2.23. The van der Waals surface area contributed by atoms with Gasteiger partial charge < -0.3 is 10.1 Å². The summed E-state index contributed by atoms with van der Waals surface area (Å²) >= 11 is 0. The van der Waals surface area contributed by atoms with Crippen molar-refractivity contribution in [2.75, 3.05) is 18.5 Å². The fraction of sp³-hybridized carbons (Fsp3) is 0.308. The number of hydrogen-bond acceptors (Lipinski definition) is 5. The first kappa shape index (κ1) is 15.0. The molecule has 1 N–H and O–H groups in total. The van der Waals surface area contributed by atoms with Gasteiger partial charge in [-0.2, -0.15) is 13.2 Å². The molecule has 0 aliphatic rings. The normalized spacial score (nSPS) is 11.4. The van der Waals surface area contributed by atoms with Crippen LogP contribution in [0.4, 0.5) is 18.9 Å². The van der Waals surface area contributed by atoms with Crippen LogP contribution >= 0.6 is 0 Å². The third-order valence-electron chi connectivity index (χ3n) is 2.60. The number of esters is 1. The number of benzene rings is 1. The summed E-state index contributed by atoms with van der Waals surface area (Å²) < 4.78 is 42.0. The van der Waals surface area contributed by atoms with Crippen LogP contribution in [-0.4, -0.2) is 35.5 Å². The van der Waals surface area contributed by atoms with Crippen molar-refractivity contribution in [3.8, 4) is 0 Å². The Balaban J connectivity index is 2.49. The van der Waals surface area contributed by atoms with E-state index in [0.717, 1.165) is 0 Å². The summed E-state index contributed by atoms with van der Waals surface area (Å²) in [5.41, 5.74) is 0.0893. The maximum atomic E-state index is 12.4. The van der Waals surface area contributed by atoms with Crippen molar-refractivity contribution < 1.29 is 22.7 Å². The lowest BCUT2D eigenvalue weighted by molar-refractivity contribution is -0.115. The van der Waals surface area contributed by atoms with E-state index in [4.69, 9.17) is 4.74 Å². The number of carbonyl (C=O) groups excluding carboxylic acids is 1. The van der Waals surface area contributed by atoms with Crippen LogP contribution in [0.15, 0.2) is 24.3 Å². The number of aromatic nitrogens is 2. The molecule has 0 aliphatic carbocycles. The maximum absolute atomic E-state index is 12.4. The first-order valence-electron chi connectivity index (χ1n) is 6.15. The second kappa shape index (κ2) is 5.94. The lowest BCUT2D eigenvalue weighted by Gasteiger charge is -2.14. The second-order valence-corrected chi connectivity index (χ2v) is 4.13. The molecular weight excluding hydrogens is 287 g/mol. The number of nitrogens with one attached hydrogen (secondary N) is 1. The minimum absolute atomic E-state index is 0.0311. The van der Waals surface area contributed by atoms with Crippen molar-refractivity contribution in [2.45, 2.75) is 13.1 Å². The number of anilines is 1. The van der Waals surface area contributed by atoms with Crippen molar-refractivity contribution >= 4 is 22.6 Å². The second-order valence-electron chi connectivity index (χ2n) is 4.13. The smallest absolute Gasteiger partial charge is 0.405 e. The lowest BCUT2D eigenvalue weighted by atomic mass is 10.1. The molecule has 0 fully saturated rings. The van der Waals surface area contributed by atoms with Crippen LogP contribution in [-0.2, 0) is 4.74 Å². The molecule has 1 aromatic carbocycles. The molecule has 8 heteroatoms. The Kier molecular flexibility index (Phi) is 4.25. The van der Waals surface area contributed by atoms with E-state index >= 15 is 0 Å². The first-order valence-corrected chi connectivity index (χ1v) is 6.15. The molecule has 5 nitrogen and oxygen atoms in total. The number of fused-ring (bicyclic) bond motifs is 1. The summed E-state index contributed by atoms with van der Waals surface area (Å²) in [7, 11) is 0. The van der Waals surface area contributed by atoms with Crippen molar-refractivity contribution in [3.05, 3.63) is 30.0 Å². The quantitative estimate of drug-likeness (QED) is 0.879. The van der Waals surface area contributed by atoms with Gasteiger partial charge >= 0.3 is 12.1 Å². The molecule has 0 aliphatic heterocycles. The molecule has 1 heterocycles. The summed E-state index contributed by atoms with van der Waals surface area (Å²) in [5, 5.41) is 10.1. The molecule has 2 aromatic rings. The molecule has 0 radical (unpaired) electrons. The van der Waals surface area contributed by atoms with Crippen molar-refractivity contribution in [3.63, 3.8) is 0 Å². The van der Waals surface area contributed by atoms with E-state index in [1.54, 1.807) is 31.2 Å². The van der Waals surface area contributed by atoms with Gasteiger partial charge in [-0.05, 0) is 13.0 Å². The Labute approximate surface area is 118 Å². The van der Waals surface area contributed by atoms with Crippen LogP contribution in [0.1, 0.15) is 17.4 Å². The summed E-state index contributed by atoms with van der Waals surface area (Å²) in [5.74, 6) is -0.819. The predicted octanol–water partition coefficient (Wildman–Crippen LogP) is 2.78. The predicted molar refractivity (Wildman–Crippen MR) is 70.0 cm³/mol. The molecule has 0 amide bonds. The molecule has 2 rings (SSSR count). The highest BCUT2D eigenvalue weighted by Crippen LogP contribution is 2.26. The first-order chi connectivity index (χ1) is 9.92. The van der Waals surface area contributed by atoms with Gasteiger partial charge in [-0.15, -0.1) is 10.2 Å². The summed E-state index contributed by atoms with van der Waals surface area (Å²) in [6.07, 6.45) is -4.42. The van der Waals surface area contributed by atoms with E-state index in [9.17, 15) is 18.0 Å². The van der Waals surface area contributed by atoms with Crippen LogP contribution in [0.3, 0.4) is 0 Å². The van der Waals surface area contributed by atoms with Crippen LogP contribution in [0, 0.1) is 0 Å². The Morgan fingerprint density at radius 1 is 1.29 bits per heavy atom. The Bertz CT molecular complexity index is 659. The average Bonchev–Trinajstić information content (AvgIpc) is 2.43. The highest BCUT2D eigenvalue weighted by Gasteiger charge is 2.28. The Morgan fingerprint density at radius 2 is 2.00 bits per heavy atom. The third-order valence-corrected chi connectivity index (χ3v) is 2.60. The van der Waals surface area contributed by atoms with Crippen molar-refractivity contribution in [1.29, 1.82) is 0 Å². The van der Waals surface area contributed by atoms with Gasteiger partial charge in [0.25, 0.3) is 0 Å². The van der Waals surface area contributed by atoms with E-state index < -0.39 is 18.7 Å². The highest BCUT2D eigenvalue weighted by atomic mass is 19.4. The molecule has 1 aromatic heterocycles. The van der Waals surface area contributed by atoms with Gasteiger partial charge in [0.15, 0.2) is 5.69 Å². The molecule has 112 valence electrons. The molecule has 0 unspecified atom stereocenters. The highest BCUT2D eigenvalue weighted by molar-refractivity contribution is 6.03. The maximum Gasteiger partial charge on any atom is 0.405 e. The molecule has 0 spiro atoms. The van der Waals surface area contributed by atoms with Gasteiger partial charge in [0.05, 0.1) is 17.8 Å². The van der Waals surface area contributed by atoms with E-state index in [1.165, 1.54) is 0 Å². The molecule has 21 heavy (non-hydrogen) atoms. The zero-order valence-electron chi connectivity index (χ0n) is 11.1. The van der Waals surface area contributed by atoms with Gasteiger partial charge in [0.2, 0.25) is 0 Å². The van der Waals surface area contributed by atoms with Gasteiger partial charge in [-0.1, -0.05) is 18.2 Å². The summed E-state index contributed by atoms with van der Waals surface area (Å²) in [6, 6.07) is 6.47. The molecule has 0 atom stereocenters. The summed E-state index contributed by atoms with van der Waals surface area (Å²) in [4.78, 5) is 11.8. The minimum Gasteiger partial charge on any atom is -0.461 e. The van der Waals surface area contributed by atoms with E-state index in [2.05, 4.69) is 15.5 Å². The molecular formula is C13H12F3N3O2. The van der Waals surface area contributed by atoms with Crippen molar-refractivity contribution in [1.82, 2.24) is 10.2 Å². The van der Waals surface area contributed by atoms with E-state index in [1.807, 2.05) is 0 Å². The van der Waals surface area contributed by atoms with Gasteiger partial charge in [-0.3, -0.25) is 0 Å². The standard InChI is InChI=1S/C13H12F3N3O2/c1-2-21-12(20)11-10(17-7-13(14,15)16)8-5-3-4-6-9(8)18-19-11/h3-6H,2,7H2,1H3,(H,17,18). The number of nitrogens with zero attached hydrogens (tertiary/aromatic N) is 2. The fourth-order valence-electron chi connectivity index (χ4n) is 1.76. The number of alkyl halides is 3. The fourth-order valence-corrected chi connectivity index (χ4v) is 1.76. The zero-order chi connectivity index (χ0) is 15.5. The monoisotopic (exact) mass is 299 g/mol. The topological polar surface area (TPSA) is 64.1 Å². The van der Waals surface area contributed by atoms with Gasteiger partial charge in [0, 0.05) is 5.39 Å². The Morgan fingerprint density at radius 3 is 2.67 bits per heavy atom. The van der Waals surface area contributed by atoms with Crippen LogP contribution < -0.4 is 5.32 Å². The number of rotatable bonds is 4. The Hall–Kier alpha value is -2.38. The molecule has 0 saturated carbocycles. The molecule has 0 bridgehead atoms. The zero-order valence-corrected chi connectivity index (χ0v) is 11.1. The summed E-state index contributed by atoms with van der Waals surface area (Å²) in [6.45, 7) is 0.399. The average molecular weight is 299 g/mol.